The van der Waals surface area contributed by atoms with E-state index in [9.17, 15) is 0 Å². The number of ether oxygens (including phenoxy) is 2. The van der Waals surface area contributed by atoms with Gasteiger partial charge in [-0.15, -0.1) is 5.10 Å². The average molecular weight is 373 g/mol. The summed E-state index contributed by atoms with van der Waals surface area (Å²) < 4.78 is 16.6. The summed E-state index contributed by atoms with van der Waals surface area (Å²) in [7, 11) is 0. The summed E-state index contributed by atoms with van der Waals surface area (Å²) in [6.45, 7) is 7.85. The SMILES string of the molecule is CC(C)Oc1cc(N2CC=CN(Cc3cc(C4CCOCC4)no3)C2)[nH]n1. The first-order chi connectivity index (χ1) is 13.2. The van der Waals surface area contributed by atoms with Crippen LogP contribution in [0, 0.1) is 0 Å². The highest BCUT2D eigenvalue weighted by atomic mass is 16.5. The second-order valence-corrected chi connectivity index (χ2v) is 7.36. The van der Waals surface area contributed by atoms with Gasteiger partial charge in [-0.2, -0.15) is 0 Å². The zero-order chi connectivity index (χ0) is 18.6. The molecule has 0 amide bonds. The van der Waals surface area contributed by atoms with Gasteiger partial charge in [0.05, 0.1) is 25.0 Å². The molecule has 0 radical (unpaired) electrons. The molecule has 0 atom stereocenters. The van der Waals surface area contributed by atoms with Gasteiger partial charge in [0.25, 0.3) is 0 Å². The van der Waals surface area contributed by atoms with Crippen LogP contribution in [0.5, 0.6) is 5.88 Å². The van der Waals surface area contributed by atoms with Crippen molar-refractivity contribution in [2.45, 2.75) is 45.3 Å². The molecule has 0 aromatic carbocycles. The van der Waals surface area contributed by atoms with E-state index >= 15 is 0 Å². The van der Waals surface area contributed by atoms with Crippen LogP contribution in [0.2, 0.25) is 0 Å². The fourth-order valence-corrected chi connectivity index (χ4v) is 3.47. The van der Waals surface area contributed by atoms with Crippen LogP contribution in [-0.4, -0.2) is 52.8 Å². The van der Waals surface area contributed by atoms with E-state index in [1.165, 1.54) is 0 Å². The summed E-state index contributed by atoms with van der Waals surface area (Å²) in [6, 6.07) is 4.03. The van der Waals surface area contributed by atoms with Crippen molar-refractivity contribution >= 4 is 5.82 Å². The molecule has 0 bridgehead atoms. The smallest absolute Gasteiger partial charge is 0.234 e. The normalized spacial score (nSPS) is 18.5. The molecule has 2 aliphatic rings. The lowest BCUT2D eigenvalue weighted by atomic mass is 9.96. The van der Waals surface area contributed by atoms with E-state index in [-0.39, 0.29) is 6.10 Å². The summed E-state index contributed by atoms with van der Waals surface area (Å²) >= 11 is 0. The number of rotatable bonds is 6. The zero-order valence-corrected chi connectivity index (χ0v) is 15.9. The van der Waals surface area contributed by atoms with Gasteiger partial charge in [0.1, 0.15) is 5.82 Å². The van der Waals surface area contributed by atoms with Crippen LogP contribution in [-0.2, 0) is 11.3 Å². The van der Waals surface area contributed by atoms with E-state index in [4.69, 9.17) is 14.0 Å². The van der Waals surface area contributed by atoms with Gasteiger partial charge in [0.2, 0.25) is 5.88 Å². The van der Waals surface area contributed by atoms with Gasteiger partial charge in [-0.3, -0.25) is 5.10 Å². The lowest BCUT2D eigenvalue weighted by Crippen LogP contribution is -2.38. The molecule has 0 unspecified atom stereocenters. The fourth-order valence-electron chi connectivity index (χ4n) is 3.47. The van der Waals surface area contributed by atoms with Crippen LogP contribution in [0.25, 0.3) is 0 Å². The minimum atomic E-state index is 0.107. The summed E-state index contributed by atoms with van der Waals surface area (Å²) in [4.78, 5) is 4.40. The molecular weight excluding hydrogens is 346 g/mol. The first kappa shape index (κ1) is 17.9. The molecule has 0 saturated carbocycles. The Kier molecular flexibility index (Phi) is 5.33. The van der Waals surface area contributed by atoms with Crippen molar-refractivity contribution in [1.29, 1.82) is 0 Å². The maximum Gasteiger partial charge on any atom is 0.234 e. The molecule has 27 heavy (non-hydrogen) atoms. The Hall–Kier alpha value is -2.48. The van der Waals surface area contributed by atoms with Crippen LogP contribution >= 0.6 is 0 Å². The molecule has 1 N–H and O–H groups in total. The summed E-state index contributed by atoms with van der Waals surface area (Å²) in [5, 5.41) is 11.6. The molecule has 8 heteroatoms. The van der Waals surface area contributed by atoms with Crippen molar-refractivity contribution < 1.29 is 14.0 Å². The Morgan fingerprint density at radius 2 is 2.15 bits per heavy atom. The fraction of sp³-hybridized carbons (Fsp3) is 0.579. The topological polar surface area (TPSA) is 79.6 Å². The minimum Gasteiger partial charge on any atom is -0.474 e. The van der Waals surface area contributed by atoms with Gasteiger partial charge in [-0.1, -0.05) is 5.16 Å². The van der Waals surface area contributed by atoms with Crippen molar-refractivity contribution in [3.63, 3.8) is 0 Å². The minimum absolute atomic E-state index is 0.107. The Balaban J connectivity index is 1.36. The molecule has 4 heterocycles. The third-order valence-electron chi connectivity index (χ3n) is 4.81. The molecule has 4 rings (SSSR count). The highest BCUT2D eigenvalue weighted by molar-refractivity contribution is 5.42. The van der Waals surface area contributed by atoms with E-state index < -0.39 is 0 Å². The van der Waals surface area contributed by atoms with E-state index in [0.29, 0.717) is 18.3 Å². The van der Waals surface area contributed by atoms with E-state index in [0.717, 1.165) is 56.5 Å². The van der Waals surface area contributed by atoms with E-state index in [1.54, 1.807) is 0 Å². The van der Waals surface area contributed by atoms with Crippen LogP contribution < -0.4 is 9.64 Å². The second kappa shape index (κ2) is 8.04. The molecule has 1 fully saturated rings. The third kappa shape index (κ3) is 4.44. The van der Waals surface area contributed by atoms with Gasteiger partial charge in [-0.25, -0.2) is 0 Å². The van der Waals surface area contributed by atoms with Crippen LogP contribution in [0.15, 0.2) is 28.9 Å². The van der Waals surface area contributed by atoms with E-state index in [1.807, 2.05) is 19.9 Å². The van der Waals surface area contributed by atoms with Crippen molar-refractivity contribution in [2.24, 2.45) is 0 Å². The predicted octanol–water partition coefficient (Wildman–Crippen LogP) is 2.87. The van der Waals surface area contributed by atoms with E-state index in [2.05, 4.69) is 43.5 Å². The molecule has 2 aromatic heterocycles. The van der Waals surface area contributed by atoms with Gasteiger partial charge in [-0.05, 0) is 39.0 Å². The Morgan fingerprint density at radius 1 is 1.30 bits per heavy atom. The number of aromatic nitrogens is 3. The number of nitrogens with zero attached hydrogens (tertiary/aromatic N) is 4. The zero-order valence-electron chi connectivity index (χ0n) is 15.9. The van der Waals surface area contributed by atoms with Gasteiger partial charge >= 0.3 is 0 Å². The Labute approximate surface area is 159 Å². The standard InChI is InChI=1S/C19H27N5O3/c1-14(2)26-19-11-18(20-21-19)24-7-3-6-23(13-24)12-16-10-17(22-27-16)15-4-8-25-9-5-15/h3,6,10-11,14-15H,4-5,7-9,12-13H2,1-2H3,(H,20,21). The largest absolute Gasteiger partial charge is 0.474 e. The predicted molar refractivity (Wildman–Crippen MR) is 101 cm³/mol. The molecule has 0 aliphatic carbocycles. The van der Waals surface area contributed by atoms with Crippen LogP contribution in [0.3, 0.4) is 0 Å². The number of anilines is 1. The number of hydrogen-bond donors (Lipinski definition) is 1. The van der Waals surface area contributed by atoms with Crippen LogP contribution in [0.1, 0.15) is 44.1 Å². The van der Waals surface area contributed by atoms with Crippen molar-refractivity contribution in [2.75, 3.05) is 31.3 Å². The highest BCUT2D eigenvalue weighted by Crippen LogP contribution is 2.27. The Morgan fingerprint density at radius 3 is 2.96 bits per heavy atom. The number of nitrogens with one attached hydrogen (secondary N) is 1. The molecule has 0 spiro atoms. The van der Waals surface area contributed by atoms with Crippen molar-refractivity contribution in [1.82, 2.24) is 20.3 Å². The van der Waals surface area contributed by atoms with Gasteiger partial charge < -0.3 is 23.8 Å². The van der Waals surface area contributed by atoms with Gasteiger partial charge in [0.15, 0.2) is 5.76 Å². The third-order valence-corrected chi connectivity index (χ3v) is 4.81. The molecule has 1 saturated heterocycles. The van der Waals surface area contributed by atoms with Crippen molar-refractivity contribution in [3.05, 3.63) is 35.9 Å². The average Bonchev–Trinajstić information content (AvgIpc) is 3.32. The second-order valence-electron chi connectivity index (χ2n) is 7.36. The first-order valence-electron chi connectivity index (χ1n) is 9.58. The van der Waals surface area contributed by atoms with Gasteiger partial charge in [0, 0.05) is 37.8 Å². The lowest BCUT2D eigenvalue weighted by molar-refractivity contribution is 0.0837. The maximum atomic E-state index is 5.64. The summed E-state index contributed by atoms with van der Waals surface area (Å²) in [5.74, 6) is 2.91. The van der Waals surface area contributed by atoms with Crippen LogP contribution in [0.4, 0.5) is 5.82 Å². The molecule has 2 aliphatic heterocycles. The van der Waals surface area contributed by atoms with Crippen molar-refractivity contribution in [3.8, 4) is 5.88 Å². The summed E-state index contributed by atoms with van der Waals surface area (Å²) in [6.07, 6.45) is 6.38. The summed E-state index contributed by atoms with van der Waals surface area (Å²) in [5.41, 5.74) is 1.05. The molecule has 8 nitrogen and oxygen atoms in total. The quantitative estimate of drug-likeness (QED) is 0.834. The maximum absolute atomic E-state index is 5.64. The highest BCUT2D eigenvalue weighted by Gasteiger charge is 2.21. The lowest BCUT2D eigenvalue weighted by Gasteiger charge is -2.32. The molecular formula is C19H27N5O3. The first-order valence-corrected chi connectivity index (χ1v) is 9.58. The number of H-pyrrole nitrogens is 1. The number of aromatic amines is 1. The molecule has 146 valence electrons. The molecule has 2 aromatic rings. The number of hydrogen-bond acceptors (Lipinski definition) is 7. The monoisotopic (exact) mass is 373 g/mol. The Bertz CT molecular complexity index is 763.